The number of nitrogens with one attached hydrogen (secondary N) is 1. The van der Waals surface area contributed by atoms with Gasteiger partial charge in [0.2, 0.25) is 0 Å². The van der Waals surface area contributed by atoms with Crippen molar-refractivity contribution in [2.45, 2.75) is 13.3 Å². The van der Waals surface area contributed by atoms with Gasteiger partial charge in [0.1, 0.15) is 0 Å². The standard InChI is InChI=1S/C12H14ClF2NO2/c1-2-18-5-3-4-16-12(17)8-6-10(14)11(15)7-9(8)13/h6-7H,2-5H2,1H3,(H,16,17). The first-order valence-corrected chi connectivity index (χ1v) is 5.94. The molecule has 0 spiro atoms. The lowest BCUT2D eigenvalue weighted by Crippen LogP contribution is -2.25. The molecule has 0 aromatic heterocycles. The number of ether oxygens (including phenoxy) is 1. The molecule has 0 saturated heterocycles. The Bertz CT molecular complexity index is 427. The van der Waals surface area contributed by atoms with Crippen LogP contribution in [0.5, 0.6) is 0 Å². The van der Waals surface area contributed by atoms with Crippen LogP contribution in [0, 0.1) is 11.6 Å². The predicted octanol–water partition coefficient (Wildman–Crippen LogP) is 2.77. The van der Waals surface area contributed by atoms with Gasteiger partial charge in [-0.15, -0.1) is 0 Å². The third-order valence-corrected chi connectivity index (χ3v) is 2.52. The Hall–Kier alpha value is -1.20. The molecule has 1 amide bonds. The molecule has 0 aliphatic carbocycles. The third kappa shape index (κ3) is 4.23. The summed E-state index contributed by atoms with van der Waals surface area (Å²) < 4.78 is 30.9. The zero-order valence-electron chi connectivity index (χ0n) is 9.93. The van der Waals surface area contributed by atoms with Gasteiger partial charge in [-0.3, -0.25) is 4.79 Å². The quantitative estimate of drug-likeness (QED) is 0.641. The van der Waals surface area contributed by atoms with Crippen LogP contribution in [0.15, 0.2) is 12.1 Å². The number of benzene rings is 1. The van der Waals surface area contributed by atoms with Crippen molar-refractivity contribution in [1.82, 2.24) is 5.32 Å². The molecule has 1 aromatic carbocycles. The van der Waals surface area contributed by atoms with Crippen molar-refractivity contribution in [3.8, 4) is 0 Å². The third-order valence-electron chi connectivity index (χ3n) is 2.21. The minimum absolute atomic E-state index is 0.0769. The van der Waals surface area contributed by atoms with Crippen LogP contribution in [0.2, 0.25) is 5.02 Å². The van der Waals surface area contributed by atoms with E-state index in [1.165, 1.54) is 0 Å². The Morgan fingerprint density at radius 2 is 2.06 bits per heavy atom. The summed E-state index contributed by atoms with van der Waals surface area (Å²) >= 11 is 5.67. The lowest BCUT2D eigenvalue weighted by Gasteiger charge is -2.07. The maximum Gasteiger partial charge on any atom is 0.252 e. The predicted molar refractivity (Wildman–Crippen MR) is 64.8 cm³/mol. The van der Waals surface area contributed by atoms with Gasteiger partial charge in [0.05, 0.1) is 10.6 Å². The van der Waals surface area contributed by atoms with Crippen LogP contribution in [-0.2, 0) is 4.74 Å². The summed E-state index contributed by atoms with van der Waals surface area (Å²) in [5.41, 5.74) is -0.0769. The van der Waals surface area contributed by atoms with E-state index in [4.69, 9.17) is 16.3 Å². The Kier molecular flexibility index (Phi) is 6.01. The number of rotatable bonds is 6. The minimum Gasteiger partial charge on any atom is -0.382 e. The van der Waals surface area contributed by atoms with Gasteiger partial charge in [-0.05, 0) is 25.5 Å². The highest BCUT2D eigenvalue weighted by atomic mass is 35.5. The molecule has 100 valence electrons. The van der Waals surface area contributed by atoms with Crippen LogP contribution in [0.4, 0.5) is 8.78 Å². The summed E-state index contributed by atoms with van der Waals surface area (Å²) in [6, 6.07) is 1.57. The highest BCUT2D eigenvalue weighted by molar-refractivity contribution is 6.33. The van der Waals surface area contributed by atoms with Gasteiger partial charge in [0, 0.05) is 19.8 Å². The van der Waals surface area contributed by atoms with Crippen molar-refractivity contribution in [3.63, 3.8) is 0 Å². The largest absolute Gasteiger partial charge is 0.382 e. The van der Waals surface area contributed by atoms with Crippen molar-refractivity contribution >= 4 is 17.5 Å². The molecular weight excluding hydrogens is 264 g/mol. The topological polar surface area (TPSA) is 38.3 Å². The molecule has 0 aliphatic heterocycles. The average molecular weight is 278 g/mol. The summed E-state index contributed by atoms with van der Waals surface area (Å²) in [7, 11) is 0. The Balaban J connectivity index is 2.54. The van der Waals surface area contributed by atoms with Crippen LogP contribution in [0.25, 0.3) is 0 Å². The Morgan fingerprint density at radius 3 is 2.72 bits per heavy atom. The Morgan fingerprint density at radius 1 is 1.39 bits per heavy atom. The van der Waals surface area contributed by atoms with E-state index in [-0.39, 0.29) is 10.6 Å². The summed E-state index contributed by atoms with van der Waals surface area (Å²) in [5, 5.41) is 2.44. The molecule has 0 fully saturated rings. The van der Waals surface area contributed by atoms with Gasteiger partial charge < -0.3 is 10.1 Å². The van der Waals surface area contributed by atoms with Crippen LogP contribution in [0.1, 0.15) is 23.7 Å². The van der Waals surface area contributed by atoms with E-state index in [0.29, 0.717) is 26.2 Å². The van der Waals surface area contributed by atoms with Crippen molar-refractivity contribution in [1.29, 1.82) is 0 Å². The Labute approximate surface area is 109 Å². The minimum atomic E-state index is -1.10. The van der Waals surface area contributed by atoms with E-state index in [1.54, 1.807) is 0 Å². The molecule has 1 aromatic rings. The average Bonchev–Trinajstić information content (AvgIpc) is 2.33. The van der Waals surface area contributed by atoms with Crippen LogP contribution in [-0.4, -0.2) is 25.7 Å². The van der Waals surface area contributed by atoms with E-state index >= 15 is 0 Å². The van der Waals surface area contributed by atoms with Crippen molar-refractivity contribution < 1.29 is 18.3 Å². The van der Waals surface area contributed by atoms with Gasteiger partial charge >= 0.3 is 0 Å². The van der Waals surface area contributed by atoms with E-state index < -0.39 is 17.5 Å². The van der Waals surface area contributed by atoms with Gasteiger partial charge in [-0.2, -0.15) is 0 Å². The van der Waals surface area contributed by atoms with Crippen LogP contribution >= 0.6 is 11.6 Å². The van der Waals surface area contributed by atoms with Crippen molar-refractivity contribution in [2.75, 3.05) is 19.8 Å². The van der Waals surface area contributed by atoms with E-state index in [0.717, 1.165) is 12.1 Å². The number of hydrogen-bond acceptors (Lipinski definition) is 2. The highest BCUT2D eigenvalue weighted by Crippen LogP contribution is 2.19. The summed E-state index contributed by atoms with van der Waals surface area (Å²) in [6.45, 7) is 3.40. The fourth-order valence-electron chi connectivity index (χ4n) is 1.31. The first-order chi connectivity index (χ1) is 8.56. The maximum absolute atomic E-state index is 13.0. The molecule has 1 N–H and O–H groups in total. The van der Waals surface area contributed by atoms with Crippen molar-refractivity contribution in [3.05, 3.63) is 34.4 Å². The molecular formula is C12H14ClF2NO2. The second-order valence-electron chi connectivity index (χ2n) is 3.55. The molecule has 0 unspecified atom stereocenters. The normalized spacial score (nSPS) is 10.4. The maximum atomic E-state index is 13.0. The zero-order valence-corrected chi connectivity index (χ0v) is 10.7. The molecule has 18 heavy (non-hydrogen) atoms. The molecule has 0 saturated carbocycles. The molecule has 0 bridgehead atoms. The number of halogens is 3. The molecule has 0 radical (unpaired) electrons. The lowest BCUT2D eigenvalue weighted by atomic mass is 10.2. The SMILES string of the molecule is CCOCCCNC(=O)c1cc(F)c(F)cc1Cl. The molecule has 0 atom stereocenters. The van der Waals surface area contributed by atoms with Crippen LogP contribution < -0.4 is 5.32 Å². The smallest absolute Gasteiger partial charge is 0.252 e. The number of amides is 1. The molecule has 0 aliphatic rings. The fourth-order valence-corrected chi connectivity index (χ4v) is 1.55. The monoisotopic (exact) mass is 277 g/mol. The first kappa shape index (κ1) is 14.9. The molecule has 0 heterocycles. The summed E-state index contributed by atoms with van der Waals surface area (Å²) in [4.78, 5) is 11.6. The lowest BCUT2D eigenvalue weighted by molar-refractivity contribution is 0.0944. The second-order valence-corrected chi connectivity index (χ2v) is 3.96. The van der Waals surface area contributed by atoms with E-state index in [2.05, 4.69) is 5.32 Å². The summed E-state index contributed by atoms with van der Waals surface area (Å²) in [6.07, 6.45) is 0.640. The summed E-state index contributed by atoms with van der Waals surface area (Å²) in [5.74, 6) is -2.71. The van der Waals surface area contributed by atoms with Crippen LogP contribution in [0.3, 0.4) is 0 Å². The first-order valence-electron chi connectivity index (χ1n) is 5.56. The number of hydrogen-bond donors (Lipinski definition) is 1. The van der Waals surface area contributed by atoms with Gasteiger partial charge in [-0.1, -0.05) is 11.6 Å². The molecule has 1 rings (SSSR count). The number of carbonyl (C=O) groups is 1. The zero-order chi connectivity index (χ0) is 13.5. The molecule has 6 heteroatoms. The highest BCUT2D eigenvalue weighted by Gasteiger charge is 2.14. The number of carbonyl (C=O) groups excluding carboxylic acids is 1. The van der Waals surface area contributed by atoms with Gasteiger partial charge in [0.25, 0.3) is 5.91 Å². The molecule has 3 nitrogen and oxygen atoms in total. The second kappa shape index (κ2) is 7.28. The van der Waals surface area contributed by atoms with E-state index in [1.807, 2.05) is 6.92 Å². The van der Waals surface area contributed by atoms with Crippen molar-refractivity contribution in [2.24, 2.45) is 0 Å². The van der Waals surface area contributed by atoms with Gasteiger partial charge in [0.15, 0.2) is 11.6 Å². The fraction of sp³-hybridized carbons (Fsp3) is 0.417. The van der Waals surface area contributed by atoms with Gasteiger partial charge in [-0.25, -0.2) is 8.78 Å². The van der Waals surface area contributed by atoms with E-state index in [9.17, 15) is 13.6 Å².